The number of nitrogens with zero attached hydrogens (tertiary/aromatic N) is 2. The first kappa shape index (κ1) is 14.0. The van der Waals surface area contributed by atoms with E-state index in [1.54, 1.807) is 0 Å². The van der Waals surface area contributed by atoms with E-state index in [2.05, 4.69) is 10.3 Å². The van der Waals surface area contributed by atoms with Gasteiger partial charge in [0.25, 0.3) is 5.91 Å². The maximum Gasteiger partial charge on any atom is 0.252 e. The van der Waals surface area contributed by atoms with Gasteiger partial charge in [-0.3, -0.25) is 14.5 Å². The lowest BCUT2D eigenvalue weighted by Crippen LogP contribution is -2.41. The molecule has 1 aromatic rings. The fourth-order valence-corrected chi connectivity index (χ4v) is 3.11. The molecule has 1 atom stereocenters. The van der Waals surface area contributed by atoms with Gasteiger partial charge in [-0.05, 0) is 19.8 Å². The van der Waals surface area contributed by atoms with Gasteiger partial charge in [0.1, 0.15) is 6.04 Å². The Morgan fingerprint density at radius 3 is 2.68 bits per heavy atom. The molecule has 0 saturated carbocycles. The van der Waals surface area contributed by atoms with Crippen molar-refractivity contribution in [3.63, 3.8) is 0 Å². The minimum absolute atomic E-state index is 0.0184. The highest BCUT2D eigenvalue weighted by atomic mass is 32.1. The summed E-state index contributed by atoms with van der Waals surface area (Å²) >= 11 is 1.46. The number of imide groups is 1. The summed E-state index contributed by atoms with van der Waals surface area (Å²) in [7, 11) is 0. The van der Waals surface area contributed by atoms with Crippen molar-refractivity contribution in [2.24, 2.45) is 0 Å². The molecule has 1 unspecified atom stereocenters. The van der Waals surface area contributed by atoms with Gasteiger partial charge < -0.3 is 5.32 Å². The lowest BCUT2D eigenvalue weighted by Gasteiger charge is -2.24. The second-order valence-electron chi connectivity index (χ2n) is 4.77. The van der Waals surface area contributed by atoms with Crippen molar-refractivity contribution in [2.75, 3.05) is 5.32 Å². The van der Waals surface area contributed by atoms with Crippen molar-refractivity contribution in [2.45, 2.75) is 52.1 Å². The third-order valence-electron chi connectivity index (χ3n) is 3.41. The van der Waals surface area contributed by atoms with Gasteiger partial charge in [0.2, 0.25) is 5.91 Å². The third kappa shape index (κ3) is 2.78. The number of carbonyl (C=O) groups is 2. The zero-order valence-electron chi connectivity index (χ0n) is 11.5. The van der Waals surface area contributed by atoms with Gasteiger partial charge >= 0.3 is 0 Å². The molecule has 0 aliphatic carbocycles. The van der Waals surface area contributed by atoms with E-state index in [4.69, 9.17) is 0 Å². The van der Waals surface area contributed by atoms with E-state index in [0.29, 0.717) is 5.13 Å². The Labute approximate surface area is 117 Å². The highest BCUT2D eigenvalue weighted by molar-refractivity contribution is 7.13. The SMILES string of the molecule is CCC(CC)N1C(=O)CC(Nc2nc(C)cs2)C1=O. The molecule has 1 fully saturated rings. The number of aromatic nitrogens is 1. The normalized spacial score (nSPS) is 19.6. The van der Waals surface area contributed by atoms with E-state index in [0.717, 1.165) is 18.5 Å². The highest BCUT2D eigenvalue weighted by Gasteiger charge is 2.41. The van der Waals surface area contributed by atoms with Crippen LogP contribution in [0.3, 0.4) is 0 Å². The maximum atomic E-state index is 12.3. The second kappa shape index (κ2) is 5.69. The molecule has 2 rings (SSSR count). The van der Waals surface area contributed by atoms with Crippen LogP contribution in [0.5, 0.6) is 0 Å². The van der Waals surface area contributed by atoms with E-state index in [1.165, 1.54) is 16.2 Å². The summed E-state index contributed by atoms with van der Waals surface area (Å²) in [5, 5.41) is 5.69. The standard InChI is InChI=1S/C13H19N3O2S/c1-4-9(5-2)16-11(17)6-10(12(16)18)15-13-14-8(3)7-19-13/h7,9-10H,4-6H2,1-3H3,(H,14,15). The quantitative estimate of drug-likeness (QED) is 0.840. The van der Waals surface area contributed by atoms with Gasteiger partial charge in [-0.2, -0.15) is 0 Å². The van der Waals surface area contributed by atoms with Gasteiger partial charge in [-0.15, -0.1) is 11.3 Å². The number of anilines is 1. The number of aryl methyl sites for hydroxylation is 1. The Hall–Kier alpha value is -1.43. The van der Waals surface area contributed by atoms with Gasteiger partial charge in [-0.25, -0.2) is 4.98 Å². The van der Waals surface area contributed by atoms with E-state index >= 15 is 0 Å². The predicted octanol–water partition coefficient (Wildman–Crippen LogP) is 2.18. The Kier molecular flexibility index (Phi) is 4.19. The topological polar surface area (TPSA) is 62.3 Å². The first-order valence-electron chi connectivity index (χ1n) is 6.61. The fraction of sp³-hybridized carbons (Fsp3) is 0.615. The van der Waals surface area contributed by atoms with E-state index in [9.17, 15) is 9.59 Å². The fourth-order valence-electron chi connectivity index (χ4n) is 2.37. The average Bonchev–Trinajstić information content (AvgIpc) is 2.89. The molecule has 1 aromatic heterocycles. The van der Waals surface area contributed by atoms with Crippen LogP contribution in [0.1, 0.15) is 38.8 Å². The van der Waals surface area contributed by atoms with E-state index in [1.807, 2.05) is 26.2 Å². The van der Waals surface area contributed by atoms with Crippen molar-refractivity contribution in [3.8, 4) is 0 Å². The number of amides is 2. The van der Waals surface area contributed by atoms with Crippen molar-refractivity contribution >= 4 is 28.3 Å². The first-order valence-corrected chi connectivity index (χ1v) is 7.49. The summed E-state index contributed by atoms with van der Waals surface area (Å²) in [6.45, 7) is 5.90. The summed E-state index contributed by atoms with van der Waals surface area (Å²) < 4.78 is 0. The third-order valence-corrected chi connectivity index (χ3v) is 4.30. The molecular formula is C13H19N3O2S. The molecule has 6 heteroatoms. The van der Waals surface area contributed by atoms with Crippen LogP contribution < -0.4 is 5.32 Å². The zero-order valence-corrected chi connectivity index (χ0v) is 12.3. The first-order chi connectivity index (χ1) is 9.06. The van der Waals surface area contributed by atoms with Crippen LogP contribution in [0.2, 0.25) is 0 Å². The average molecular weight is 281 g/mol. The van der Waals surface area contributed by atoms with Crippen LogP contribution in [0, 0.1) is 6.92 Å². The molecule has 2 amide bonds. The van der Waals surface area contributed by atoms with Gasteiger partial charge in [0, 0.05) is 11.4 Å². The Balaban J connectivity index is 2.09. The summed E-state index contributed by atoms with van der Waals surface area (Å²) in [5.41, 5.74) is 0.918. The Morgan fingerprint density at radius 2 is 2.16 bits per heavy atom. The lowest BCUT2D eigenvalue weighted by molar-refractivity contribution is -0.141. The number of thiazole rings is 1. The Morgan fingerprint density at radius 1 is 1.47 bits per heavy atom. The van der Waals surface area contributed by atoms with Crippen LogP contribution in [-0.4, -0.2) is 33.8 Å². The minimum atomic E-state index is -0.460. The number of rotatable bonds is 5. The van der Waals surface area contributed by atoms with Crippen LogP contribution in [-0.2, 0) is 9.59 Å². The van der Waals surface area contributed by atoms with Crippen molar-refractivity contribution in [1.29, 1.82) is 0 Å². The lowest BCUT2D eigenvalue weighted by atomic mass is 10.1. The summed E-state index contributed by atoms with van der Waals surface area (Å²) in [4.78, 5) is 30.0. The van der Waals surface area contributed by atoms with Gasteiger partial charge in [-0.1, -0.05) is 13.8 Å². The molecule has 19 heavy (non-hydrogen) atoms. The van der Waals surface area contributed by atoms with Crippen molar-refractivity contribution in [3.05, 3.63) is 11.1 Å². The summed E-state index contributed by atoms with van der Waals surface area (Å²) in [6.07, 6.45) is 1.84. The van der Waals surface area contributed by atoms with Crippen molar-refractivity contribution in [1.82, 2.24) is 9.88 Å². The van der Waals surface area contributed by atoms with Crippen LogP contribution in [0.15, 0.2) is 5.38 Å². The van der Waals surface area contributed by atoms with Gasteiger partial charge in [0.15, 0.2) is 5.13 Å². The largest absolute Gasteiger partial charge is 0.349 e. The minimum Gasteiger partial charge on any atom is -0.349 e. The van der Waals surface area contributed by atoms with Crippen LogP contribution in [0.25, 0.3) is 0 Å². The number of likely N-dealkylation sites (tertiary alicyclic amines) is 1. The molecule has 1 N–H and O–H groups in total. The molecule has 0 radical (unpaired) electrons. The molecule has 0 aromatic carbocycles. The van der Waals surface area contributed by atoms with Gasteiger partial charge in [0.05, 0.1) is 12.1 Å². The number of carbonyl (C=O) groups excluding carboxylic acids is 2. The van der Waals surface area contributed by atoms with Crippen LogP contribution >= 0.6 is 11.3 Å². The maximum absolute atomic E-state index is 12.3. The molecule has 1 aliphatic heterocycles. The Bertz CT molecular complexity index is 482. The smallest absolute Gasteiger partial charge is 0.252 e. The molecule has 1 aliphatic rings. The van der Waals surface area contributed by atoms with Crippen molar-refractivity contribution < 1.29 is 9.59 Å². The molecular weight excluding hydrogens is 262 g/mol. The number of hydrogen-bond donors (Lipinski definition) is 1. The van der Waals surface area contributed by atoms with E-state index < -0.39 is 6.04 Å². The van der Waals surface area contributed by atoms with Crippen LogP contribution in [0.4, 0.5) is 5.13 Å². The number of nitrogens with one attached hydrogen (secondary N) is 1. The molecule has 0 bridgehead atoms. The number of hydrogen-bond acceptors (Lipinski definition) is 5. The summed E-state index contributed by atoms with van der Waals surface area (Å²) in [5.74, 6) is -0.198. The molecule has 1 saturated heterocycles. The molecule has 2 heterocycles. The zero-order chi connectivity index (χ0) is 14.0. The summed E-state index contributed by atoms with van der Waals surface area (Å²) in [6, 6.07) is -0.441. The predicted molar refractivity (Wildman–Crippen MR) is 75.1 cm³/mol. The molecule has 0 spiro atoms. The highest BCUT2D eigenvalue weighted by Crippen LogP contribution is 2.24. The monoisotopic (exact) mass is 281 g/mol. The second-order valence-corrected chi connectivity index (χ2v) is 5.63. The molecule has 104 valence electrons. The van der Waals surface area contributed by atoms with E-state index in [-0.39, 0.29) is 24.3 Å². The molecule has 5 nitrogen and oxygen atoms in total.